The topological polar surface area (TPSA) is 134 Å². The number of aliphatic carboxylic acids is 1. The van der Waals surface area contributed by atoms with Gasteiger partial charge in [-0.1, -0.05) is 74.5 Å². The van der Waals surface area contributed by atoms with Crippen molar-refractivity contribution in [2.75, 3.05) is 0 Å². The van der Waals surface area contributed by atoms with Crippen molar-refractivity contribution >= 4 is 23.9 Å². The monoisotopic (exact) mass is 483 g/mol. The lowest BCUT2D eigenvalue weighted by atomic mass is 10.0. The smallest absolute Gasteiger partial charge is 0.408 e. The molecule has 2 unspecified atom stereocenters. The molecule has 2 aromatic carbocycles. The minimum atomic E-state index is -1.44. The van der Waals surface area contributed by atoms with E-state index in [-0.39, 0.29) is 19.1 Å². The first kappa shape index (κ1) is 27.4. The van der Waals surface area contributed by atoms with Crippen molar-refractivity contribution in [2.24, 2.45) is 5.92 Å². The number of benzene rings is 2. The Kier molecular flexibility index (Phi) is 10.7. The van der Waals surface area contributed by atoms with E-state index in [2.05, 4.69) is 16.0 Å². The highest BCUT2D eigenvalue weighted by atomic mass is 16.5. The van der Waals surface area contributed by atoms with E-state index < -0.39 is 41.9 Å². The maximum Gasteiger partial charge on any atom is 0.408 e. The van der Waals surface area contributed by atoms with Gasteiger partial charge in [-0.05, 0) is 30.9 Å². The molecule has 0 saturated heterocycles. The second-order valence-electron chi connectivity index (χ2n) is 8.16. The van der Waals surface area contributed by atoms with Crippen molar-refractivity contribution in [3.8, 4) is 0 Å². The standard InChI is InChI=1S/C26H33N3O6/c1-4-20(19-14-10-7-11-15-19)27-23(30)21(5-2)28-24(31)22(17(3)25(32)33)29-26(34)35-16-18-12-8-6-9-13-18/h6-15,17,20-22H,4-5,16H2,1-3H3,(H,27,30)(H,28,31)(H,29,34)(H,32,33)/t17?,20?,21-,22-/m0/s1. The lowest BCUT2D eigenvalue weighted by Gasteiger charge is -2.26. The first-order valence-electron chi connectivity index (χ1n) is 11.6. The quantitative estimate of drug-likeness (QED) is 0.366. The molecule has 0 fully saturated rings. The van der Waals surface area contributed by atoms with E-state index in [0.29, 0.717) is 6.42 Å². The van der Waals surface area contributed by atoms with Crippen molar-refractivity contribution in [3.05, 3.63) is 71.8 Å². The van der Waals surface area contributed by atoms with Crippen LogP contribution in [0.5, 0.6) is 0 Å². The Morgan fingerprint density at radius 1 is 0.829 bits per heavy atom. The van der Waals surface area contributed by atoms with Crippen LogP contribution in [0.4, 0.5) is 4.79 Å². The summed E-state index contributed by atoms with van der Waals surface area (Å²) in [6.07, 6.45) is -0.0158. The number of carbonyl (C=O) groups excluding carboxylic acids is 3. The molecule has 9 heteroatoms. The summed E-state index contributed by atoms with van der Waals surface area (Å²) in [4.78, 5) is 49.8. The minimum absolute atomic E-state index is 0.0413. The van der Waals surface area contributed by atoms with Crippen LogP contribution >= 0.6 is 0 Å². The van der Waals surface area contributed by atoms with Crippen LogP contribution in [0.2, 0.25) is 0 Å². The zero-order valence-corrected chi connectivity index (χ0v) is 20.2. The van der Waals surface area contributed by atoms with Crippen LogP contribution in [0.25, 0.3) is 0 Å². The van der Waals surface area contributed by atoms with Crippen LogP contribution in [0, 0.1) is 5.92 Å². The van der Waals surface area contributed by atoms with Gasteiger partial charge in [0.1, 0.15) is 18.7 Å². The summed E-state index contributed by atoms with van der Waals surface area (Å²) in [5, 5.41) is 17.3. The predicted molar refractivity (Wildman–Crippen MR) is 130 cm³/mol. The highest BCUT2D eigenvalue weighted by Gasteiger charge is 2.34. The van der Waals surface area contributed by atoms with Gasteiger partial charge in [0, 0.05) is 0 Å². The van der Waals surface area contributed by atoms with Gasteiger partial charge in [0.05, 0.1) is 12.0 Å². The average Bonchev–Trinajstić information content (AvgIpc) is 2.88. The zero-order chi connectivity index (χ0) is 25.8. The van der Waals surface area contributed by atoms with Crippen molar-refractivity contribution in [3.63, 3.8) is 0 Å². The van der Waals surface area contributed by atoms with Gasteiger partial charge in [0.15, 0.2) is 0 Å². The first-order valence-corrected chi connectivity index (χ1v) is 11.6. The van der Waals surface area contributed by atoms with Crippen LogP contribution in [-0.2, 0) is 25.7 Å². The third kappa shape index (κ3) is 8.44. The van der Waals surface area contributed by atoms with Gasteiger partial charge < -0.3 is 25.8 Å². The summed E-state index contributed by atoms with van der Waals surface area (Å²) < 4.78 is 5.13. The Balaban J connectivity index is 2.05. The minimum Gasteiger partial charge on any atom is -0.481 e. The summed E-state index contributed by atoms with van der Waals surface area (Å²) in [7, 11) is 0. The van der Waals surface area contributed by atoms with Gasteiger partial charge in [0.25, 0.3) is 0 Å². The molecule has 0 aliphatic rings. The number of carbonyl (C=O) groups is 4. The molecule has 9 nitrogen and oxygen atoms in total. The van der Waals surface area contributed by atoms with E-state index in [1.54, 1.807) is 31.2 Å². The molecule has 0 bridgehead atoms. The van der Waals surface area contributed by atoms with Gasteiger partial charge in [-0.3, -0.25) is 14.4 Å². The molecule has 0 aliphatic carbocycles. The summed E-state index contributed by atoms with van der Waals surface area (Å²) in [5.41, 5.74) is 1.67. The summed E-state index contributed by atoms with van der Waals surface area (Å²) in [6, 6.07) is 15.8. The maximum absolute atomic E-state index is 13.0. The molecule has 35 heavy (non-hydrogen) atoms. The van der Waals surface area contributed by atoms with Crippen LogP contribution < -0.4 is 16.0 Å². The van der Waals surface area contributed by atoms with Gasteiger partial charge in [-0.25, -0.2) is 4.79 Å². The largest absolute Gasteiger partial charge is 0.481 e. The number of amides is 3. The molecular formula is C26H33N3O6. The third-order valence-electron chi connectivity index (χ3n) is 5.63. The van der Waals surface area contributed by atoms with E-state index >= 15 is 0 Å². The summed E-state index contributed by atoms with van der Waals surface area (Å²) in [6.45, 7) is 4.92. The number of rotatable bonds is 12. The highest BCUT2D eigenvalue weighted by molar-refractivity contribution is 5.94. The molecule has 3 amide bonds. The fraction of sp³-hybridized carbons (Fsp3) is 0.385. The average molecular weight is 484 g/mol. The Bertz CT molecular complexity index is 983. The Morgan fingerprint density at radius 3 is 1.97 bits per heavy atom. The van der Waals surface area contributed by atoms with Gasteiger partial charge in [-0.15, -0.1) is 0 Å². The summed E-state index contributed by atoms with van der Waals surface area (Å²) in [5.74, 6) is -3.72. The molecule has 0 spiro atoms. The molecule has 0 heterocycles. The lowest BCUT2D eigenvalue weighted by molar-refractivity contribution is -0.145. The van der Waals surface area contributed by atoms with Crippen molar-refractivity contribution in [2.45, 2.75) is 58.3 Å². The molecule has 0 aromatic heterocycles. The van der Waals surface area contributed by atoms with Gasteiger partial charge >= 0.3 is 12.1 Å². The maximum atomic E-state index is 13.0. The number of nitrogens with one attached hydrogen (secondary N) is 3. The molecule has 0 aliphatic heterocycles. The van der Waals surface area contributed by atoms with Crippen molar-refractivity contribution in [1.82, 2.24) is 16.0 Å². The van der Waals surface area contributed by atoms with Crippen LogP contribution in [0.3, 0.4) is 0 Å². The zero-order valence-electron chi connectivity index (χ0n) is 20.2. The van der Waals surface area contributed by atoms with Crippen LogP contribution in [0.15, 0.2) is 60.7 Å². The third-order valence-corrected chi connectivity index (χ3v) is 5.63. The van der Waals surface area contributed by atoms with Crippen molar-refractivity contribution < 1.29 is 29.0 Å². The van der Waals surface area contributed by atoms with E-state index in [0.717, 1.165) is 11.1 Å². The molecule has 0 saturated carbocycles. The lowest BCUT2D eigenvalue weighted by Crippen LogP contribution is -2.56. The molecule has 2 rings (SSSR count). The summed E-state index contributed by atoms with van der Waals surface area (Å²) >= 11 is 0. The van der Waals surface area contributed by atoms with Crippen LogP contribution in [-0.4, -0.2) is 41.1 Å². The van der Waals surface area contributed by atoms with E-state index in [1.165, 1.54) is 6.92 Å². The number of carboxylic acid groups (broad SMARTS) is 1. The number of carboxylic acids is 1. The Labute approximate surface area is 205 Å². The number of alkyl carbamates (subject to hydrolysis) is 1. The normalized spacial score (nSPS) is 14.0. The van der Waals surface area contributed by atoms with Gasteiger partial charge in [-0.2, -0.15) is 0 Å². The Hall–Kier alpha value is -3.88. The van der Waals surface area contributed by atoms with E-state index in [4.69, 9.17) is 4.74 Å². The number of ether oxygens (including phenoxy) is 1. The van der Waals surface area contributed by atoms with Gasteiger partial charge in [0.2, 0.25) is 11.8 Å². The number of hydrogen-bond acceptors (Lipinski definition) is 5. The second-order valence-corrected chi connectivity index (χ2v) is 8.16. The van der Waals surface area contributed by atoms with Crippen LogP contribution in [0.1, 0.15) is 50.8 Å². The number of hydrogen-bond donors (Lipinski definition) is 4. The van der Waals surface area contributed by atoms with Crippen molar-refractivity contribution in [1.29, 1.82) is 0 Å². The molecular weight excluding hydrogens is 450 g/mol. The molecule has 4 N–H and O–H groups in total. The molecule has 4 atom stereocenters. The Morgan fingerprint density at radius 2 is 1.43 bits per heavy atom. The fourth-order valence-electron chi connectivity index (χ4n) is 3.45. The molecule has 0 radical (unpaired) electrons. The molecule has 188 valence electrons. The molecule has 2 aromatic rings. The van der Waals surface area contributed by atoms with E-state index in [9.17, 15) is 24.3 Å². The second kappa shape index (κ2) is 13.7. The fourth-order valence-corrected chi connectivity index (χ4v) is 3.45. The predicted octanol–water partition coefficient (Wildman–Crippen LogP) is 3.16. The SMILES string of the molecule is CCC(NC(=O)[C@H](CC)NC(=O)[C@@H](NC(=O)OCc1ccccc1)C(C)C(=O)O)c1ccccc1. The van der Waals surface area contributed by atoms with E-state index in [1.807, 2.05) is 43.3 Å². The highest BCUT2D eigenvalue weighted by Crippen LogP contribution is 2.16. The first-order chi connectivity index (χ1) is 16.8.